The third kappa shape index (κ3) is 5.46. The minimum Gasteiger partial charge on any atom is -0.147 e. The van der Waals surface area contributed by atoms with Gasteiger partial charge >= 0.3 is 293 Å². The Morgan fingerprint density at radius 3 is 1.43 bits per heavy atom. The molecule has 2 nitrogen and oxygen atoms in total. The first kappa shape index (κ1) is 35.5. The van der Waals surface area contributed by atoms with Gasteiger partial charge < -0.3 is 0 Å². The van der Waals surface area contributed by atoms with Crippen molar-refractivity contribution in [3.05, 3.63) is 173 Å². The van der Waals surface area contributed by atoms with Gasteiger partial charge in [0, 0.05) is 0 Å². The van der Waals surface area contributed by atoms with Gasteiger partial charge in [0.15, 0.2) is 0 Å². The average molecular weight is 799 g/mol. The second-order valence-corrected chi connectivity index (χ2v) is 41.0. The average Bonchev–Trinajstić information content (AvgIpc) is 3.68. The Bertz CT molecular complexity index is 2470. The quantitative estimate of drug-likeness (QED) is 0.162. The van der Waals surface area contributed by atoms with Crippen LogP contribution in [0.5, 0.6) is 0 Å². The van der Waals surface area contributed by atoms with E-state index in [4.69, 9.17) is 9.97 Å². The molecule has 0 bridgehead atoms. The van der Waals surface area contributed by atoms with E-state index in [0.29, 0.717) is 7.25 Å². The zero-order valence-electron chi connectivity index (χ0n) is 29.0. The van der Waals surface area contributed by atoms with Gasteiger partial charge in [-0.1, -0.05) is 0 Å². The van der Waals surface area contributed by atoms with Crippen LogP contribution in [0.15, 0.2) is 151 Å². The van der Waals surface area contributed by atoms with Crippen molar-refractivity contribution in [3.8, 4) is 22.3 Å². The Kier molecular flexibility index (Phi) is 9.22. The number of nitrogens with zero attached hydrogens (tertiary/aromatic N) is 2. The standard InChI is InChI=1S/2C19H14N.C6H5.CH3.2ClH.H2Si.Zr/c2*1-13-9-14-6-4-7-17(18(14)10-13)16-11-15-5-2-3-8-19(15)20-12-16;1-2-4-6-5-3-1;;;;;/h2*2-12H,1H3;1-5H;1H3;2*1H;1H2;. The van der Waals surface area contributed by atoms with Crippen molar-refractivity contribution in [2.45, 2.75) is 25.7 Å². The van der Waals surface area contributed by atoms with Crippen LogP contribution in [0.25, 0.3) is 56.2 Å². The van der Waals surface area contributed by atoms with E-state index in [2.05, 4.69) is 177 Å². The second-order valence-electron chi connectivity index (χ2n) is 14.7. The summed E-state index contributed by atoms with van der Waals surface area (Å²) in [5.41, 5.74) is 15.6. The summed E-state index contributed by atoms with van der Waals surface area (Å²) >= 11 is -4.19. The second kappa shape index (κ2) is 13.2. The number of halogens is 2. The Labute approximate surface area is 315 Å². The first-order valence-corrected chi connectivity index (χ1v) is 29.7. The van der Waals surface area contributed by atoms with Crippen LogP contribution in [-0.4, -0.2) is 16.8 Å². The van der Waals surface area contributed by atoms with Gasteiger partial charge in [0.05, 0.1) is 0 Å². The van der Waals surface area contributed by atoms with Crippen LogP contribution in [0.1, 0.15) is 43.4 Å². The van der Waals surface area contributed by atoms with Gasteiger partial charge in [0.2, 0.25) is 0 Å². The van der Waals surface area contributed by atoms with Crippen LogP contribution in [0.4, 0.5) is 0 Å². The van der Waals surface area contributed by atoms with Gasteiger partial charge in [-0.2, -0.15) is 0 Å². The van der Waals surface area contributed by atoms with Crippen LogP contribution >= 0.6 is 24.8 Å². The zero-order chi connectivity index (χ0) is 33.4. The molecule has 0 fully saturated rings. The molecular weight excluding hydrogens is 759 g/mol. The van der Waals surface area contributed by atoms with Crippen molar-refractivity contribution >= 4 is 68.9 Å². The van der Waals surface area contributed by atoms with E-state index in [1.54, 1.807) is 3.27 Å². The number of pyridine rings is 2. The SMILES string of the molecule is CC1=Cc2c(-c3cnc4ccccc4c3)cccc2[CH]1[Zr]([CH3])(=[SiH2])([c]1ccccc1)[CH]1C(C)=Cc2c(-c3cnc4ccccc4c3)cccc21.Cl.Cl. The normalized spacial score (nSPS) is 16.5. The molecular formula is C45H40Cl2N2SiZr. The van der Waals surface area contributed by atoms with Crippen LogP contribution in [-0.2, 0) is 17.4 Å². The molecule has 9 rings (SSSR count). The minimum absolute atomic E-state index is 0. The fraction of sp³-hybridized carbons (Fsp3) is 0.111. The van der Waals surface area contributed by atoms with Crippen LogP contribution in [0.2, 0.25) is 4.63 Å². The van der Waals surface area contributed by atoms with Gasteiger partial charge in [-0.15, -0.1) is 24.8 Å². The third-order valence-corrected chi connectivity index (χ3v) is 35.4. The van der Waals surface area contributed by atoms with Crippen molar-refractivity contribution in [1.82, 2.24) is 9.97 Å². The van der Waals surface area contributed by atoms with Crippen molar-refractivity contribution in [2.24, 2.45) is 0 Å². The van der Waals surface area contributed by atoms with E-state index in [1.807, 2.05) is 0 Å². The molecule has 0 N–H and O–H groups in total. The monoisotopic (exact) mass is 796 g/mol. The van der Waals surface area contributed by atoms with E-state index in [9.17, 15) is 0 Å². The Balaban J connectivity index is 0.00000203. The summed E-state index contributed by atoms with van der Waals surface area (Å²) in [6.07, 6.45) is 9.12. The van der Waals surface area contributed by atoms with Gasteiger partial charge in [-0.05, 0) is 0 Å². The summed E-state index contributed by atoms with van der Waals surface area (Å²) in [7, 11) is 0. The maximum absolute atomic E-state index is 4.86. The number of aromatic nitrogens is 2. The third-order valence-electron chi connectivity index (χ3n) is 11.6. The van der Waals surface area contributed by atoms with Gasteiger partial charge in [-0.25, -0.2) is 0 Å². The van der Waals surface area contributed by atoms with Crippen LogP contribution in [0, 0.1) is 0 Å². The molecule has 2 aliphatic rings. The number of allylic oxidation sites excluding steroid dienone is 2. The van der Waals surface area contributed by atoms with Crippen LogP contribution in [0.3, 0.4) is 0 Å². The van der Waals surface area contributed by atoms with E-state index >= 15 is 0 Å². The molecule has 6 heteroatoms. The van der Waals surface area contributed by atoms with Gasteiger partial charge in [0.1, 0.15) is 0 Å². The van der Waals surface area contributed by atoms with Crippen molar-refractivity contribution in [3.63, 3.8) is 0 Å². The maximum Gasteiger partial charge on any atom is -0.147 e. The number of hydrogen-bond donors (Lipinski definition) is 0. The van der Waals surface area contributed by atoms with Gasteiger partial charge in [-0.3, -0.25) is 0 Å². The molecule has 0 aliphatic heterocycles. The number of benzene rings is 5. The van der Waals surface area contributed by atoms with Crippen molar-refractivity contribution < 1.29 is 17.4 Å². The molecule has 0 amide bonds. The molecule has 2 aromatic heterocycles. The summed E-state index contributed by atoms with van der Waals surface area (Å²) in [5, 5.41) is 2.35. The smallest absolute Gasteiger partial charge is 0.147 e. The number of para-hydroxylation sites is 2. The minimum atomic E-state index is -4.19. The first-order valence-electron chi connectivity index (χ1n) is 17.2. The molecule has 51 heavy (non-hydrogen) atoms. The van der Waals surface area contributed by atoms with E-state index < -0.39 is 17.4 Å². The zero-order valence-corrected chi connectivity index (χ0v) is 34.5. The van der Waals surface area contributed by atoms with E-state index in [-0.39, 0.29) is 24.8 Å². The number of rotatable bonds is 5. The Morgan fingerprint density at radius 1 is 0.529 bits per heavy atom. The predicted molar refractivity (Wildman–Crippen MR) is 222 cm³/mol. The maximum atomic E-state index is 4.86. The summed E-state index contributed by atoms with van der Waals surface area (Å²) in [6, 6.07) is 47.0. The van der Waals surface area contributed by atoms with E-state index in [0.717, 1.165) is 11.0 Å². The fourth-order valence-electron chi connectivity index (χ4n) is 9.59. The fourth-order valence-corrected chi connectivity index (χ4v) is 34.8. The summed E-state index contributed by atoms with van der Waals surface area (Å²) in [4.78, 5) is 9.72. The molecule has 5 aromatic carbocycles. The van der Waals surface area contributed by atoms with Crippen molar-refractivity contribution in [2.75, 3.05) is 0 Å². The molecule has 0 saturated heterocycles. The molecule has 2 aliphatic carbocycles. The molecule has 252 valence electrons. The molecule has 2 unspecified atom stereocenters. The Hall–Kier alpha value is -3.92. The predicted octanol–water partition coefficient (Wildman–Crippen LogP) is 11.2. The summed E-state index contributed by atoms with van der Waals surface area (Å²) < 4.78 is 5.03. The molecule has 0 saturated carbocycles. The van der Waals surface area contributed by atoms with Crippen molar-refractivity contribution in [1.29, 1.82) is 0 Å². The number of fused-ring (bicyclic) bond motifs is 4. The largest absolute Gasteiger partial charge is 0.147 e. The summed E-state index contributed by atoms with van der Waals surface area (Å²) in [5.74, 6) is 0. The van der Waals surface area contributed by atoms with Gasteiger partial charge in [0.25, 0.3) is 0 Å². The summed E-state index contributed by atoms with van der Waals surface area (Å²) in [6.45, 7) is 7.21. The molecule has 0 radical (unpaired) electrons. The molecule has 0 spiro atoms. The van der Waals surface area contributed by atoms with E-state index in [1.165, 1.54) is 66.4 Å². The first-order chi connectivity index (χ1) is 23.8. The molecule has 2 heterocycles. The number of hydrogen-bond acceptors (Lipinski definition) is 2. The molecule has 2 atom stereocenters. The molecule has 7 aromatic rings. The topological polar surface area (TPSA) is 25.8 Å². The Morgan fingerprint density at radius 2 is 0.961 bits per heavy atom. The van der Waals surface area contributed by atoms with Crippen LogP contribution < -0.4 is 3.27 Å².